The number of halogens is 1. The van der Waals surface area contributed by atoms with Crippen molar-refractivity contribution in [1.29, 1.82) is 0 Å². The standard InChI is InChI=1S/C22H22ClN3O4S/c1-12(2)17-10-5-7-13(3)18(17)19-14(4)20(23)25-22(24-19)26-31(29,30)16-9-6-8-15(11-16)21(27)28/h5-12H,1-4H3,(H,27,28)(H,24,25,26). The Hall–Kier alpha value is -2.97. The van der Waals surface area contributed by atoms with Crippen molar-refractivity contribution < 1.29 is 18.3 Å². The van der Waals surface area contributed by atoms with E-state index in [2.05, 4.69) is 28.5 Å². The third-order valence-corrected chi connectivity index (χ3v) is 6.56. The predicted octanol–water partition coefficient (Wildman–Crippen LogP) is 5.04. The van der Waals surface area contributed by atoms with Gasteiger partial charge in [0.05, 0.1) is 16.2 Å². The Bertz CT molecular complexity index is 1270. The van der Waals surface area contributed by atoms with Crippen molar-refractivity contribution in [2.75, 3.05) is 4.72 Å². The van der Waals surface area contributed by atoms with Gasteiger partial charge in [-0.05, 0) is 49.1 Å². The molecule has 3 aromatic rings. The molecule has 3 rings (SSSR count). The maximum atomic E-state index is 12.8. The molecule has 1 heterocycles. The molecule has 0 unspecified atom stereocenters. The second-order valence-corrected chi connectivity index (χ2v) is 9.48. The number of hydrogen-bond donors (Lipinski definition) is 2. The number of carbonyl (C=O) groups is 1. The fraction of sp³-hybridized carbons (Fsp3) is 0.227. The van der Waals surface area contributed by atoms with Gasteiger partial charge in [0.2, 0.25) is 5.95 Å². The number of aromatic carboxylic acids is 1. The monoisotopic (exact) mass is 459 g/mol. The van der Waals surface area contributed by atoms with Crippen LogP contribution in [0.4, 0.5) is 5.95 Å². The van der Waals surface area contributed by atoms with Gasteiger partial charge in [0.15, 0.2) is 0 Å². The largest absolute Gasteiger partial charge is 0.478 e. The van der Waals surface area contributed by atoms with E-state index in [-0.39, 0.29) is 27.5 Å². The van der Waals surface area contributed by atoms with E-state index >= 15 is 0 Å². The SMILES string of the molecule is Cc1cccc(C(C)C)c1-c1nc(NS(=O)(=O)c2cccc(C(=O)O)c2)nc(Cl)c1C. The second-order valence-electron chi connectivity index (χ2n) is 7.44. The molecule has 9 heteroatoms. The first-order chi connectivity index (χ1) is 14.5. The molecule has 0 saturated carbocycles. The first-order valence-corrected chi connectivity index (χ1v) is 11.4. The summed E-state index contributed by atoms with van der Waals surface area (Å²) in [5.74, 6) is -1.21. The minimum absolute atomic E-state index is 0.125. The fourth-order valence-electron chi connectivity index (χ4n) is 3.25. The lowest BCUT2D eigenvalue weighted by Gasteiger charge is -2.18. The zero-order valence-corrected chi connectivity index (χ0v) is 19.0. The van der Waals surface area contributed by atoms with Gasteiger partial charge in [-0.15, -0.1) is 0 Å². The lowest BCUT2D eigenvalue weighted by molar-refractivity contribution is 0.0696. The quantitative estimate of drug-likeness (QED) is 0.500. The first-order valence-electron chi connectivity index (χ1n) is 9.51. The Morgan fingerprint density at radius 3 is 2.42 bits per heavy atom. The van der Waals surface area contributed by atoms with Crippen LogP contribution in [-0.2, 0) is 10.0 Å². The molecular formula is C22H22ClN3O4S. The van der Waals surface area contributed by atoms with Gasteiger partial charge in [-0.2, -0.15) is 4.98 Å². The minimum Gasteiger partial charge on any atom is -0.478 e. The van der Waals surface area contributed by atoms with E-state index in [0.717, 1.165) is 22.8 Å². The minimum atomic E-state index is -4.13. The number of carboxylic acid groups (broad SMARTS) is 1. The van der Waals surface area contributed by atoms with Crippen LogP contribution in [0, 0.1) is 13.8 Å². The van der Waals surface area contributed by atoms with Crippen LogP contribution in [0.25, 0.3) is 11.3 Å². The van der Waals surface area contributed by atoms with Crippen molar-refractivity contribution in [3.63, 3.8) is 0 Å². The Morgan fingerprint density at radius 1 is 1.10 bits per heavy atom. The van der Waals surface area contributed by atoms with Gasteiger partial charge in [-0.3, -0.25) is 0 Å². The van der Waals surface area contributed by atoms with E-state index in [9.17, 15) is 13.2 Å². The van der Waals surface area contributed by atoms with Crippen molar-refractivity contribution in [2.24, 2.45) is 0 Å². The van der Waals surface area contributed by atoms with Crippen LogP contribution in [0.15, 0.2) is 47.4 Å². The van der Waals surface area contributed by atoms with Gasteiger partial charge in [-0.1, -0.05) is 49.7 Å². The van der Waals surface area contributed by atoms with E-state index < -0.39 is 16.0 Å². The van der Waals surface area contributed by atoms with Crippen LogP contribution in [0.3, 0.4) is 0 Å². The number of nitrogens with zero attached hydrogens (tertiary/aromatic N) is 2. The number of aromatic nitrogens is 2. The summed E-state index contributed by atoms with van der Waals surface area (Å²) < 4.78 is 28.0. The van der Waals surface area contributed by atoms with Crippen molar-refractivity contribution in [2.45, 2.75) is 38.5 Å². The van der Waals surface area contributed by atoms with E-state index in [4.69, 9.17) is 16.7 Å². The fourth-order valence-corrected chi connectivity index (χ4v) is 4.41. The van der Waals surface area contributed by atoms with Crippen LogP contribution in [0.5, 0.6) is 0 Å². The Labute approximate surface area is 186 Å². The summed E-state index contributed by atoms with van der Waals surface area (Å²) in [5, 5.41) is 9.26. The number of nitrogens with one attached hydrogen (secondary N) is 1. The summed E-state index contributed by atoms with van der Waals surface area (Å²) >= 11 is 6.33. The molecule has 31 heavy (non-hydrogen) atoms. The predicted molar refractivity (Wildman–Crippen MR) is 120 cm³/mol. The number of carboxylic acids is 1. The normalized spacial score (nSPS) is 11.5. The number of benzene rings is 2. The lowest BCUT2D eigenvalue weighted by atomic mass is 9.90. The maximum Gasteiger partial charge on any atom is 0.335 e. The molecule has 0 aliphatic rings. The van der Waals surface area contributed by atoms with Crippen molar-refractivity contribution >= 4 is 33.5 Å². The average molecular weight is 460 g/mol. The van der Waals surface area contributed by atoms with Gasteiger partial charge in [0.25, 0.3) is 10.0 Å². The molecule has 2 N–H and O–H groups in total. The highest BCUT2D eigenvalue weighted by Crippen LogP contribution is 2.35. The van der Waals surface area contributed by atoms with Crippen LogP contribution < -0.4 is 4.72 Å². The number of sulfonamides is 1. The summed E-state index contributed by atoms with van der Waals surface area (Å²) in [6, 6.07) is 11.0. The zero-order valence-electron chi connectivity index (χ0n) is 17.5. The highest BCUT2D eigenvalue weighted by atomic mass is 35.5. The van der Waals surface area contributed by atoms with Crippen LogP contribution in [0.1, 0.15) is 46.8 Å². The molecule has 0 amide bonds. The summed E-state index contributed by atoms with van der Waals surface area (Å²) in [7, 11) is -4.13. The number of aryl methyl sites for hydroxylation is 1. The molecule has 1 aromatic heterocycles. The molecule has 0 radical (unpaired) electrons. The number of hydrogen-bond acceptors (Lipinski definition) is 5. The Kier molecular flexibility index (Phi) is 6.33. The molecule has 0 atom stereocenters. The van der Waals surface area contributed by atoms with Crippen molar-refractivity contribution in [1.82, 2.24) is 9.97 Å². The third kappa shape index (κ3) is 4.70. The maximum absolute atomic E-state index is 12.8. The first kappa shape index (κ1) is 22.7. The van der Waals surface area contributed by atoms with Gasteiger partial charge in [0.1, 0.15) is 5.15 Å². The van der Waals surface area contributed by atoms with E-state index in [0.29, 0.717) is 11.3 Å². The molecule has 0 aliphatic carbocycles. The van der Waals surface area contributed by atoms with E-state index in [1.807, 2.05) is 25.1 Å². The lowest BCUT2D eigenvalue weighted by Crippen LogP contribution is -2.16. The smallest absolute Gasteiger partial charge is 0.335 e. The summed E-state index contributed by atoms with van der Waals surface area (Å²) in [5.41, 5.74) is 3.95. The highest BCUT2D eigenvalue weighted by Gasteiger charge is 2.22. The molecule has 0 aliphatic heterocycles. The van der Waals surface area contributed by atoms with Gasteiger partial charge >= 0.3 is 5.97 Å². The molecular weight excluding hydrogens is 438 g/mol. The summed E-state index contributed by atoms with van der Waals surface area (Å²) in [4.78, 5) is 19.5. The molecule has 0 spiro atoms. The van der Waals surface area contributed by atoms with Crippen LogP contribution in [-0.4, -0.2) is 29.5 Å². The zero-order chi connectivity index (χ0) is 22.9. The Morgan fingerprint density at radius 2 is 1.77 bits per heavy atom. The van der Waals surface area contributed by atoms with Crippen LogP contribution >= 0.6 is 11.6 Å². The van der Waals surface area contributed by atoms with E-state index in [1.165, 1.54) is 18.2 Å². The molecule has 0 bridgehead atoms. The number of rotatable bonds is 6. The Balaban J connectivity index is 2.11. The topological polar surface area (TPSA) is 109 Å². The third-order valence-electron chi connectivity index (χ3n) is 4.87. The van der Waals surface area contributed by atoms with Crippen LogP contribution in [0.2, 0.25) is 5.15 Å². The van der Waals surface area contributed by atoms with Gasteiger partial charge in [0, 0.05) is 11.1 Å². The number of anilines is 1. The summed E-state index contributed by atoms with van der Waals surface area (Å²) in [6.45, 7) is 7.87. The summed E-state index contributed by atoms with van der Waals surface area (Å²) in [6.07, 6.45) is 0. The average Bonchev–Trinajstić information content (AvgIpc) is 2.70. The molecule has 0 saturated heterocycles. The molecule has 0 fully saturated rings. The van der Waals surface area contributed by atoms with Crippen molar-refractivity contribution in [3.05, 3.63) is 69.9 Å². The van der Waals surface area contributed by atoms with Gasteiger partial charge in [-0.25, -0.2) is 22.9 Å². The van der Waals surface area contributed by atoms with E-state index in [1.54, 1.807) is 6.92 Å². The molecule has 2 aromatic carbocycles. The van der Waals surface area contributed by atoms with Gasteiger partial charge < -0.3 is 5.11 Å². The highest BCUT2D eigenvalue weighted by molar-refractivity contribution is 7.92. The molecule has 7 nitrogen and oxygen atoms in total. The van der Waals surface area contributed by atoms with Crippen molar-refractivity contribution in [3.8, 4) is 11.3 Å². The molecule has 162 valence electrons. The second kappa shape index (κ2) is 8.64.